The zero-order valence-electron chi connectivity index (χ0n) is 66.9. The average molecular weight is 1810 g/mol. The Morgan fingerprint density at radius 2 is 0.807 bits per heavy atom. The van der Waals surface area contributed by atoms with Gasteiger partial charge in [-0.2, -0.15) is 0 Å². The molecule has 29 nitrogen and oxygen atoms in total. The van der Waals surface area contributed by atoms with Gasteiger partial charge < -0.3 is 60.0 Å². The molecule has 32 heteroatoms. The Labute approximate surface area is 712 Å². The molecule has 0 saturated heterocycles. The maximum absolute atomic E-state index is 12.4. The topological polar surface area (TPSA) is 421 Å². The van der Waals surface area contributed by atoms with E-state index in [0.29, 0.717) is 68.8 Å². The van der Waals surface area contributed by atoms with Crippen LogP contribution in [-0.4, -0.2) is 111 Å². The molecule has 5 unspecified atom stereocenters. The number of carbonyl (C=O) groups is 4. The number of methoxy groups -OCH3 is 1. The average Bonchev–Trinajstić information content (AvgIpc) is 0.840. The zero-order valence-corrected chi connectivity index (χ0v) is 71.6. The zero-order chi connectivity index (χ0) is 86.8. The van der Waals surface area contributed by atoms with Gasteiger partial charge in [-0.05, 0) is 267 Å². The van der Waals surface area contributed by atoms with Crippen LogP contribution in [0.5, 0.6) is 28.7 Å². The van der Waals surface area contributed by atoms with Gasteiger partial charge in [0.2, 0.25) is 0 Å². The van der Waals surface area contributed by atoms with Crippen molar-refractivity contribution in [2.75, 3.05) is 7.11 Å². The van der Waals surface area contributed by atoms with E-state index in [0.717, 1.165) is 53.1 Å². The lowest BCUT2D eigenvalue weighted by molar-refractivity contribution is 0.0598. The second-order valence-corrected chi connectivity index (χ2v) is 28.1. The molecule has 0 saturated carbocycles. The van der Waals surface area contributed by atoms with Crippen LogP contribution in [0.15, 0.2) is 268 Å². The number of nitrogens with zero attached hydrogens (tertiary/aromatic N) is 11. The number of aryl methyl sites for hydroxylation is 4. The summed E-state index contributed by atoms with van der Waals surface area (Å²) >= 11 is 9.82. The van der Waals surface area contributed by atoms with Crippen molar-refractivity contribution in [1.82, 2.24) is 70.1 Å². The van der Waals surface area contributed by atoms with Crippen molar-refractivity contribution in [3.05, 3.63) is 363 Å². The monoisotopic (exact) mass is 1810 g/mol. The molecule has 0 bridgehead atoms. The van der Waals surface area contributed by atoms with Crippen LogP contribution in [0, 0.1) is 27.7 Å². The quantitative estimate of drug-likeness (QED) is 0.0275. The number of aromatic nitrogens is 13. The SMILES string of the molecule is CC(=O)c1ccc(Br)cn1.CC(O)c1ccc(Br)cn1.CC(Oc1cccnc1)c1ccc(Br)cn1.CC(Oc1cccnc1)c1ccc(C(=O)O)cn1.COC(=O)c1ccc(C(C)Oc2cccnc2)nc1.Cc1cc(C)c(CN)c(=O)[nH]1.Cc1cc(C)c(CNC(=O)c2ccc(C(C)Oc3cccnc3)nc2)c(=O)[nH]1.Oc1cccnc1. The first-order chi connectivity index (χ1) is 57.0. The van der Waals surface area contributed by atoms with Crippen molar-refractivity contribution in [3.8, 4) is 28.7 Å². The maximum atomic E-state index is 12.4. The van der Waals surface area contributed by atoms with E-state index in [9.17, 15) is 28.8 Å². The number of hydrogen-bond donors (Lipinski definition) is 7. The minimum Gasteiger partial charge on any atom is -0.506 e. The fraction of sp³-hybridized carbons (Fsp3) is 0.207. The minimum absolute atomic E-state index is 0.00694. The fourth-order valence-corrected chi connectivity index (χ4v) is 10.6. The van der Waals surface area contributed by atoms with Crippen LogP contribution in [0.3, 0.4) is 0 Å². The van der Waals surface area contributed by atoms with E-state index in [2.05, 4.69) is 123 Å². The molecule has 618 valence electrons. The first-order valence-electron chi connectivity index (χ1n) is 36.5. The number of nitrogens with two attached hydrogens (primary N) is 1. The molecule has 5 atom stereocenters. The molecule has 119 heavy (non-hydrogen) atoms. The van der Waals surface area contributed by atoms with Crippen molar-refractivity contribution in [2.45, 2.75) is 113 Å². The normalized spacial score (nSPS) is 11.4. The van der Waals surface area contributed by atoms with Crippen LogP contribution in [0.25, 0.3) is 0 Å². The summed E-state index contributed by atoms with van der Waals surface area (Å²) in [4.78, 5) is 118. The number of carboxylic acids is 1. The second kappa shape index (κ2) is 50.5. The molecule has 0 aliphatic carbocycles. The number of amides is 1. The predicted octanol–water partition coefficient (Wildman–Crippen LogP) is 16.1. The van der Waals surface area contributed by atoms with Crippen LogP contribution < -0.4 is 41.1 Å². The number of halogens is 3. The van der Waals surface area contributed by atoms with E-state index in [4.69, 9.17) is 40.0 Å². The molecule has 0 fully saturated rings. The number of aromatic hydroxyl groups is 1. The molecule has 13 aromatic heterocycles. The number of carbonyl (C=O) groups excluding carboxylic acids is 3. The number of Topliss-reactive ketones (excluding diaryl/α,β-unsaturated/α-hetero) is 1. The number of carboxylic acid groups (broad SMARTS) is 1. The number of aliphatic hydroxyl groups is 1. The highest BCUT2D eigenvalue weighted by Gasteiger charge is 2.17. The van der Waals surface area contributed by atoms with E-state index in [-0.39, 0.29) is 65.1 Å². The Bertz CT molecular complexity index is 5340. The molecule has 0 aliphatic rings. The van der Waals surface area contributed by atoms with Gasteiger partial charge in [0.15, 0.2) is 5.78 Å². The minimum atomic E-state index is -0.991. The van der Waals surface area contributed by atoms with E-state index < -0.39 is 18.0 Å². The highest BCUT2D eigenvalue weighted by molar-refractivity contribution is 9.11. The molecule has 8 N–H and O–H groups in total. The molecule has 13 heterocycles. The Hall–Kier alpha value is -13.0. The van der Waals surface area contributed by atoms with Crippen molar-refractivity contribution in [2.24, 2.45) is 5.73 Å². The number of aliphatic hydroxyl groups excluding tert-OH is 1. The van der Waals surface area contributed by atoms with Crippen LogP contribution >= 0.6 is 47.8 Å². The molecule has 0 spiro atoms. The summed E-state index contributed by atoms with van der Waals surface area (Å²) in [5.74, 6) is 1.24. The van der Waals surface area contributed by atoms with Gasteiger partial charge in [-0.15, -0.1) is 0 Å². The standard InChI is InChI=1S/C21H22N4O3.C14H14N2O3.C13H12N2O3.C12H11BrN2O.C8H12N2O.C7H8BrNO.C7H6BrNO.C5H5NO/c1-13-9-14(2)25-21(27)18(13)12-24-20(26)16-6-7-19(23-10-16)15(3)28-17-5-4-8-22-11-17;1-10(19-12-4-3-7-15-9-12)13-6-5-11(8-16-13)14(17)18-2;1-9(18-11-3-2-6-14-8-11)12-5-4-10(7-15-12)13(16)17;1-9(12-5-4-10(13)7-15-12)16-11-3-2-6-14-8-11;1-5-3-6(2)10-8(11)7(5)4-9;2*1-5(10)7-3-2-6(8)4-9-7;7-5-2-1-3-6-4-5/h4-11,15H,12H2,1-3H3,(H,24,26)(H,25,27);3-10H,1-2H3;2-9H,1H3,(H,16,17);2-9H,1H3;3H,4,9H2,1-2H3,(H,10,11);2-5,10H,1H3;2-4H,1H3;1-4,7H. The van der Waals surface area contributed by atoms with Crippen molar-refractivity contribution in [1.29, 1.82) is 0 Å². The number of hydrogen-bond acceptors (Lipinski definition) is 25. The number of ether oxygens (including phenoxy) is 5. The van der Waals surface area contributed by atoms with Crippen molar-refractivity contribution in [3.63, 3.8) is 0 Å². The van der Waals surface area contributed by atoms with Gasteiger partial charge in [0.05, 0.1) is 89.4 Å². The van der Waals surface area contributed by atoms with E-state index in [1.807, 2.05) is 110 Å². The fourth-order valence-electron chi connectivity index (χ4n) is 9.87. The Morgan fingerprint density at radius 1 is 0.454 bits per heavy atom. The summed E-state index contributed by atoms with van der Waals surface area (Å²) in [5.41, 5.74) is 15.0. The number of ketones is 1. The van der Waals surface area contributed by atoms with Gasteiger partial charge in [0, 0.05) is 124 Å². The Kier molecular flexibility index (Phi) is 40.2. The van der Waals surface area contributed by atoms with Crippen LogP contribution in [-0.2, 0) is 17.8 Å². The molecule has 0 aromatic carbocycles. The smallest absolute Gasteiger partial charge is 0.339 e. The Balaban J connectivity index is 0.000000218. The van der Waals surface area contributed by atoms with Crippen molar-refractivity contribution < 1.29 is 58.2 Å². The number of aromatic amines is 2. The summed E-state index contributed by atoms with van der Waals surface area (Å²) < 4.78 is 30.2. The highest BCUT2D eigenvalue weighted by atomic mass is 79.9. The Morgan fingerprint density at radius 3 is 1.09 bits per heavy atom. The number of esters is 1. The number of H-pyrrole nitrogens is 2. The second-order valence-electron chi connectivity index (χ2n) is 25.4. The van der Waals surface area contributed by atoms with E-state index in [1.165, 1.54) is 44.9 Å². The van der Waals surface area contributed by atoms with Gasteiger partial charge in [-0.3, -0.25) is 74.0 Å². The molecule has 0 aliphatic heterocycles. The van der Waals surface area contributed by atoms with Crippen LogP contribution in [0.1, 0.15) is 176 Å². The lowest BCUT2D eigenvalue weighted by Crippen LogP contribution is -2.28. The summed E-state index contributed by atoms with van der Waals surface area (Å²) in [7, 11) is 1.34. The maximum Gasteiger partial charge on any atom is 0.339 e. The first kappa shape index (κ1) is 94.8. The molecule has 13 aromatic rings. The summed E-state index contributed by atoms with van der Waals surface area (Å²) in [5, 5.41) is 29.1. The largest absolute Gasteiger partial charge is 0.506 e. The number of pyridine rings is 13. The summed E-state index contributed by atoms with van der Waals surface area (Å²) in [6, 6.07) is 42.6. The van der Waals surface area contributed by atoms with E-state index >= 15 is 0 Å². The molecule has 13 rings (SSSR count). The lowest BCUT2D eigenvalue weighted by atomic mass is 10.1. The lowest BCUT2D eigenvalue weighted by Gasteiger charge is -2.14. The molecular weight excluding hydrogens is 1720 g/mol. The third-order valence-corrected chi connectivity index (χ3v) is 17.4. The van der Waals surface area contributed by atoms with Gasteiger partial charge in [-0.1, -0.05) is 0 Å². The first-order valence-corrected chi connectivity index (χ1v) is 38.8. The molecule has 1 amide bonds. The molecule has 0 radical (unpaired) electrons. The molecular formula is C87H90Br3N15O14. The van der Waals surface area contributed by atoms with Crippen LogP contribution in [0.4, 0.5) is 0 Å². The summed E-state index contributed by atoms with van der Waals surface area (Å²) in [6.07, 6.45) is 24.3. The van der Waals surface area contributed by atoms with Gasteiger partial charge in [0.25, 0.3) is 17.0 Å². The highest BCUT2D eigenvalue weighted by Crippen LogP contribution is 2.25. The van der Waals surface area contributed by atoms with Gasteiger partial charge in [0.1, 0.15) is 58.9 Å². The predicted molar refractivity (Wildman–Crippen MR) is 459 cm³/mol. The summed E-state index contributed by atoms with van der Waals surface area (Å²) in [6.45, 7) is 18.6. The van der Waals surface area contributed by atoms with Crippen LogP contribution in [0.2, 0.25) is 0 Å². The number of aromatic carboxylic acids is 1. The van der Waals surface area contributed by atoms with E-state index in [1.54, 1.807) is 166 Å². The number of nitrogens with one attached hydrogen (secondary N) is 3. The third kappa shape index (κ3) is 34.4. The third-order valence-electron chi connectivity index (χ3n) is 16.0. The van der Waals surface area contributed by atoms with Gasteiger partial charge in [-0.25, -0.2) is 9.59 Å². The van der Waals surface area contributed by atoms with Gasteiger partial charge >= 0.3 is 11.9 Å². The number of rotatable bonds is 20. The van der Waals surface area contributed by atoms with Crippen molar-refractivity contribution >= 4 is 71.4 Å².